The molecule has 0 saturated carbocycles. The number of nitrogens with zero attached hydrogens (tertiary/aromatic N) is 2. The summed E-state index contributed by atoms with van der Waals surface area (Å²) in [5.41, 5.74) is 6.78. The number of hydrogen-bond acceptors (Lipinski definition) is 4. The summed E-state index contributed by atoms with van der Waals surface area (Å²) in [6.07, 6.45) is 1.85. The molecule has 116 valence electrons. The van der Waals surface area contributed by atoms with Crippen LogP contribution in [-0.4, -0.2) is 32.4 Å². The highest BCUT2D eigenvalue weighted by Gasteiger charge is 2.28. The van der Waals surface area contributed by atoms with E-state index in [-0.39, 0.29) is 24.1 Å². The van der Waals surface area contributed by atoms with Crippen molar-refractivity contribution in [3.05, 3.63) is 35.4 Å². The molecule has 0 radical (unpaired) electrons. The number of piperidine rings is 1. The normalized spacial score (nSPS) is 19.5. The molecule has 1 heterocycles. The van der Waals surface area contributed by atoms with Gasteiger partial charge in [0.15, 0.2) is 0 Å². The van der Waals surface area contributed by atoms with Crippen LogP contribution in [0.5, 0.6) is 0 Å². The molecule has 0 amide bonds. The zero-order valence-corrected chi connectivity index (χ0v) is 13.4. The Hall–Kier alpha value is -1.13. The Balaban J connectivity index is 0.00000220. The van der Waals surface area contributed by atoms with Crippen LogP contribution in [0.3, 0.4) is 0 Å². The Labute approximate surface area is 132 Å². The van der Waals surface area contributed by atoms with Crippen LogP contribution in [0.15, 0.2) is 24.3 Å². The van der Waals surface area contributed by atoms with Crippen LogP contribution >= 0.6 is 12.4 Å². The van der Waals surface area contributed by atoms with Crippen LogP contribution in [0.1, 0.15) is 24.0 Å². The van der Waals surface area contributed by atoms with Gasteiger partial charge >= 0.3 is 0 Å². The number of hydrogen-bond donors (Lipinski definition) is 1. The van der Waals surface area contributed by atoms with E-state index in [1.807, 2.05) is 6.07 Å². The summed E-state index contributed by atoms with van der Waals surface area (Å²) in [7, 11) is -3.34. The summed E-state index contributed by atoms with van der Waals surface area (Å²) < 4.78 is 26.4. The van der Waals surface area contributed by atoms with Crippen molar-refractivity contribution in [1.82, 2.24) is 4.31 Å². The number of nitriles is 1. The van der Waals surface area contributed by atoms with Gasteiger partial charge in [-0.2, -0.15) is 5.26 Å². The van der Waals surface area contributed by atoms with Gasteiger partial charge in [-0.3, -0.25) is 0 Å². The Morgan fingerprint density at radius 2 is 2.19 bits per heavy atom. The predicted molar refractivity (Wildman–Crippen MR) is 84.4 cm³/mol. The molecule has 0 spiro atoms. The minimum Gasteiger partial charge on any atom is -0.330 e. The van der Waals surface area contributed by atoms with Gasteiger partial charge in [-0.05, 0) is 43.0 Å². The molecule has 0 bridgehead atoms. The van der Waals surface area contributed by atoms with Crippen molar-refractivity contribution in [1.29, 1.82) is 5.26 Å². The van der Waals surface area contributed by atoms with Gasteiger partial charge in [0, 0.05) is 13.1 Å². The third-order valence-corrected chi connectivity index (χ3v) is 5.43. The fraction of sp³-hybridized carbons (Fsp3) is 0.500. The van der Waals surface area contributed by atoms with Gasteiger partial charge in [-0.25, -0.2) is 12.7 Å². The van der Waals surface area contributed by atoms with Crippen molar-refractivity contribution in [3.63, 3.8) is 0 Å². The molecule has 1 aromatic rings. The molecular formula is C14H20ClN3O2S. The molecule has 1 fully saturated rings. The van der Waals surface area contributed by atoms with E-state index >= 15 is 0 Å². The topological polar surface area (TPSA) is 87.2 Å². The summed E-state index contributed by atoms with van der Waals surface area (Å²) in [5, 5.41) is 8.85. The van der Waals surface area contributed by atoms with Crippen molar-refractivity contribution in [2.24, 2.45) is 11.7 Å². The molecule has 2 N–H and O–H groups in total. The second-order valence-corrected chi connectivity index (χ2v) is 7.14. The summed E-state index contributed by atoms with van der Waals surface area (Å²) in [5.74, 6) is 0.198. The van der Waals surface area contributed by atoms with Crippen LogP contribution in [0.25, 0.3) is 0 Å². The largest absolute Gasteiger partial charge is 0.330 e. The van der Waals surface area contributed by atoms with Crippen molar-refractivity contribution in [2.75, 3.05) is 19.6 Å². The molecule has 0 aliphatic carbocycles. The van der Waals surface area contributed by atoms with E-state index in [1.165, 1.54) is 4.31 Å². The van der Waals surface area contributed by atoms with Crippen LogP contribution in [0.2, 0.25) is 0 Å². The number of benzene rings is 1. The van der Waals surface area contributed by atoms with Gasteiger partial charge in [0.2, 0.25) is 10.0 Å². The zero-order valence-electron chi connectivity index (χ0n) is 11.7. The summed E-state index contributed by atoms with van der Waals surface area (Å²) >= 11 is 0. The monoisotopic (exact) mass is 329 g/mol. The number of nitrogens with two attached hydrogens (primary N) is 1. The number of sulfonamides is 1. The van der Waals surface area contributed by atoms with Crippen molar-refractivity contribution >= 4 is 22.4 Å². The summed E-state index contributed by atoms with van der Waals surface area (Å²) in [6.45, 7) is 1.60. The molecule has 1 atom stereocenters. The standard InChI is InChI=1S/C14H19N3O2S.ClH/c15-8-12-3-1-4-13(7-12)11-20(18,19)17-6-2-5-14(9-16)10-17;/h1,3-4,7,14H,2,5-6,9-11,16H2;1H. The minimum atomic E-state index is -3.34. The third-order valence-electron chi connectivity index (χ3n) is 3.61. The van der Waals surface area contributed by atoms with E-state index in [9.17, 15) is 8.42 Å². The first kappa shape index (κ1) is 17.9. The van der Waals surface area contributed by atoms with Crippen LogP contribution in [-0.2, 0) is 15.8 Å². The lowest BCUT2D eigenvalue weighted by Crippen LogP contribution is -2.42. The van der Waals surface area contributed by atoms with Gasteiger partial charge in [-0.1, -0.05) is 12.1 Å². The average molecular weight is 330 g/mol. The van der Waals surface area contributed by atoms with Crippen molar-refractivity contribution in [3.8, 4) is 6.07 Å². The first-order valence-corrected chi connectivity index (χ1v) is 8.33. The first-order chi connectivity index (χ1) is 9.55. The molecule has 7 heteroatoms. The molecule has 1 aromatic carbocycles. The molecule has 0 aromatic heterocycles. The molecule has 2 rings (SSSR count). The van der Waals surface area contributed by atoms with Gasteiger partial charge < -0.3 is 5.73 Å². The van der Waals surface area contributed by atoms with Gasteiger partial charge in [0.05, 0.1) is 17.4 Å². The Bertz CT molecular complexity index is 613. The van der Waals surface area contributed by atoms with E-state index in [2.05, 4.69) is 0 Å². The molecule has 1 saturated heterocycles. The van der Waals surface area contributed by atoms with E-state index in [1.54, 1.807) is 24.3 Å². The smallest absolute Gasteiger partial charge is 0.218 e. The highest BCUT2D eigenvalue weighted by molar-refractivity contribution is 7.88. The fourth-order valence-corrected chi connectivity index (χ4v) is 4.13. The fourth-order valence-electron chi connectivity index (χ4n) is 2.50. The lowest BCUT2D eigenvalue weighted by Gasteiger charge is -2.31. The summed E-state index contributed by atoms with van der Waals surface area (Å²) in [6, 6.07) is 8.77. The third kappa shape index (κ3) is 4.68. The molecule has 1 aliphatic heterocycles. The second kappa shape index (κ2) is 7.76. The van der Waals surface area contributed by atoms with Crippen LogP contribution in [0, 0.1) is 17.2 Å². The number of rotatable bonds is 4. The maximum atomic E-state index is 12.4. The van der Waals surface area contributed by atoms with Crippen molar-refractivity contribution in [2.45, 2.75) is 18.6 Å². The molecule has 1 unspecified atom stereocenters. The second-order valence-electron chi connectivity index (χ2n) is 5.17. The highest BCUT2D eigenvalue weighted by Crippen LogP contribution is 2.21. The molecule has 1 aliphatic rings. The highest BCUT2D eigenvalue weighted by atomic mass is 35.5. The first-order valence-electron chi connectivity index (χ1n) is 6.72. The lowest BCUT2D eigenvalue weighted by atomic mass is 10.0. The van der Waals surface area contributed by atoms with Gasteiger partial charge in [0.1, 0.15) is 0 Å². The molecule has 5 nitrogen and oxygen atoms in total. The molecule has 21 heavy (non-hydrogen) atoms. The number of halogens is 1. The van der Waals surface area contributed by atoms with Gasteiger partial charge in [0.25, 0.3) is 0 Å². The summed E-state index contributed by atoms with van der Waals surface area (Å²) in [4.78, 5) is 0. The average Bonchev–Trinajstić information content (AvgIpc) is 2.47. The Morgan fingerprint density at radius 3 is 2.86 bits per heavy atom. The van der Waals surface area contributed by atoms with E-state index in [4.69, 9.17) is 11.0 Å². The maximum Gasteiger partial charge on any atom is 0.218 e. The minimum absolute atomic E-state index is 0. The van der Waals surface area contributed by atoms with E-state index < -0.39 is 10.0 Å². The van der Waals surface area contributed by atoms with Crippen LogP contribution < -0.4 is 5.73 Å². The maximum absolute atomic E-state index is 12.4. The van der Waals surface area contributed by atoms with E-state index in [0.29, 0.717) is 30.8 Å². The SMILES string of the molecule is Cl.N#Cc1cccc(CS(=O)(=O)N2CCCC(CN)C2)c1. The predicted octanol–water partition coefficient (Wildman–Crippen LogP) is 1.48. The Kier molecular flexibility index (Phi) is 6.62. The quantitative estimate of drug-likeness (QED) is 0.906. The molecular weight excluding hydrogens is 310 g/mol. The Morgan fingerprint density at radius 1 is 1.43 bits per heavy atom. The van der Waals surface area contributed by atoms with Gasteiger partial charge in [-0.15, -0.1) is 12.4 Å². The van der Waals surface area contributed by atoms with Crippen molar-refractivity contribution < 1.29 is 8.42 Å². The van der Waals surface area contributed by atoms with E-state index in [0.717, 1.165) is 12.8 Å². The zero-order chi connectivity index (χ0) is 14.6. The van der Waals surface area contributed by atoms with Crippen LogP contribution in [0.4, 0.5) is 0 Å². The lowest BCUT2D eigenvalue weighted by molar-refractivity contribution is 0.271.